The second kappa shape index (κ2) is 5.58. The maximum absolute atomic E-state index is 12.4. The number of carbonyl (C=O) groups excluding carboxylic acids is 1. The number of hydrogen-bond donors (Lipinski definition) is 0. The highest BCUT2D eigenvalue weighted by Crippen LogP contribution is 2.39. The molecule has 0 bridgehead atoms. The fourth-order valence-corrected chi connectivity index (χ4v) is 3.59. The molecule has 1 atom stereocenters. The van der Waals surface area contributed by atoms with Crippen LogP contribution in [0, 0.1) is 0 Å². The van der Waals surface area contributed by atoms with E-state index >= 15 is 0 Å². The number of hydrogen-bond acceptors (Lipinski definition) is 2. The Kier molecular flexibility index (Phi) is 4.97. The predicted octanol–water partition coefficient (Wildman–Crippen LogP) is 2.90. The molecule has 1 heterocycles. The predicted molar refractivity (Wildman–Crippen MR) is 70.7 cm³/mol. The van der Waals surface area contributed by atoms with Crippen LogP contribution in [0.5, 0.6) is 0 Å². The molecule has 0 aliphatic carbocycles. The van der Waals surface area contributed by atoms with Gasteiger partial charge < -0.3 is 4.90 Å². The van der Waals surface area contributed by atoms with E-state index in [9.17, 15) is 4.79 Å². The summed E-state index contributed by atoms with van der Waals surface area (Å²) in [6.07, 6.45) is 2.20. The van der Waals surface area contributed by atoms with Crippen LogP contribution in [0.2, 0.25) is 0 Å². The van der Waals surface area contributed by atoms with Crippen LogP contribution in [0.25, 0.3) is 0 Å². The summed E-state index contributed by atoms with van der Waals surface area (Å²) in [6, 6.07) is 0.299. The average molecular weight is 294 g/mol. The van der Waals surface area contributed by atoms with E-state index < -0.39 is 0 Å². The highest BCUT2D eigenvalue weighted by atomic mass is 79.9. The van der Waals surface area contributed by atoms with Crippen LogP contribution in [0.1, 0.15) is 33.6 Å². The molecular formula is C11H20BrNOS. The van der Waals surface area contributed by atoms with Gasteiger partial charge in [0, 0.05) is 17.9 Å². The van der Waals surface area contributed by atoms with Gasteiger partial charge in [0.2, 0.25) is 5.91 Å². The van der Waals surface area contributed by atoms with Crippen LogP contribution in [0.3, 0.4) is 0 Å². The van der Waals surface area contributed by atoms with Gasteiger partial charge in [-0.3, -0.25) is 4.79 Å². The highest BCUT2D eigenvalue weighted by molar-refractivity contribution is 9.09. The van der Waals surface area contributed by atoms with Crippen molar-refractivity contribution < 1.29 is 4.79 Å². The molecule has 0 N–H and O–H groups in total. The topological polar surface area (TPSA) is 20.3 Å². The fraction of sp³-hybridized carbons (Fsp3) is 0.909. The molecule has 1 saturated heterocycles. The van der Waals surface area contributed by atoms with Gasteiger partial charge in [-0.05, 0) is 39.4 Å². The summed E-state index contributed by atoms with van der Waals surface area (Å²) < 4.78 is -0.160. The minimum Gasteiger partial charge on any atom is -0.338 e. The smallest absolute Gasteiger partial charge is 0.238 e. The molecule has 1 fully saturated rings. The molecule has 0 aromatic heterocycles. The van der Waals surface area contributed by atoms with E-state index in [1.54, 1.807) is 0 Å². The van der Waals surface area contributed by atoms with Crippen LogP contribution in [0.15, 0.2) is 0 Å². The monoisotopic (exact) mass is 293 g/mol. The van der Waals surface area contributed by atoms with Crippen molar-refractivity contribution in [2.75, 3.05) is 17.6 Å². The van der Waals surface area contributed by atoms with Crippen molar-refractivity contribution in [3.05, 3.63) is 0 Å². The Bertz CT molecular complexity index is 227. The Morgan fingerprint density at radius 2 is 2.27 bits per heavy atom. The lowest BCUT2D eigenvalue weighted by atomic mass is 10.0. The lowest BCUT2D eigenvalue weighted by molar-refractivity contribution is -0.134. The number of nitrogens with zero attached hydrogens (tertiary/aromatic N) is 1. The number of amides is 1. The third-order valence-electron chi connectivity index (χ3n) is 2.88. The second-order valence-electron chi connectivity index (χ2n) is 4.46. The Balaban J connectivity index is 2.70. The molecule has 1 aliphatic heterocycles. The van der Waals surface area contributed by atoms with Crippen molar-refractivity contribution in [3.8, 4) is 0 Å². The van der Waals surface area contributed by atoms with Gasteiger partial charge in [0.15, 0.2) is 0 Å². The molecule has 0 aromatic rings. The van der Waals surface area contributed by atoms with Crippen molar-refractivity contribution in [1.29, 1.82) is 0 Å². The maximum atomic E-state index is 12.4. The van der Waals surface area contributed by atoms with Crippen molar-refractivity contribution >= 4 is 33.6 Å². The molecule has 1 aliphatic rings. The summed E-state index contributed by atoms with van der Waals surface area (Å²) in [5, 5.41) is 0.859. The molecule has 0 aromatic carbocycles. The van der Waals surface area contributed by atoms with E-state index in [1.165, 1.54) is 6.42 Å². The van der Waals surface area contributed by atoms with Gasteiger partial charge in [0.05, 0.1) is 4.75 Å². The first-order valence-electron chi connectivity index (χ1n) is 5.52. The molecule has 1 amide bonds. The van der Waals surface area contributed by atoms with Crippen molar-refractivity contribution in [2.24, 2.45) is 0 Å². The molecule has 15 heavy (non-hydrogen) atoms. The zero-order chi connectivity index (χ0) is 11.5. The van der Waals surface area contributed by atoms with Crippen LogP contribution < -0.4 is 0 Å². The van der Waals surface area contributed by atoms with Gasteiger partial charge >= 0.3 is 0 Å². The third-order valence-corrected chi connectivity index (χ3v) is 4.74. The molecule has 1 rings (SSSR count). The Morgan fingerprint density at radius 1 is 1.60 bits per heavy atom. The van der Waals surface area contributed by atoms with Gasteiger partial charge in [-0.1, -0.05) is 15.9 Å². The van der Waals surface area contributed by atoms with E-state index in [0.717, 1.165) is 24.0 Å². The van der Waals surface area contributed by atoms with Crippen LogP contribution >= 0.6 is 27.7 Å². The minimum absolute atomic E-state index is 0.160. The summed E-state index contributed by atoms with van der Waals surface area (Å²) in [6.45, 7) is 7.08. The summed E-state index contributed by atoms with van der Waals surface area (Å²) in [4.78, 5) is 14.4. The van der Waals surface area contributed by atoms with Crippen LogP contribution in [-0.2, 0) is 4.79 Å². The van der Waals surface area contributed by atoms with Gasteiger partial charge in [0.1, 0.15) is 0 Å². The van der Waals surface area contributed by atoms with E-state index in [-0.39, 0.29) is 4.75 Å². The SMILES string of the molecule is CC(C)N(CCBr)C(=O)C1(C)CCCS1. The molecule has 88 valence electrons. The first-order valence-corrected chi connectivity index (χ1v) is 7.63. The third kappa shape index (κ3) is 3.13. The Labute approximate surface area is 105 Å². The fourth-order valence-electron chi connectivity index (χ4n) is 1.94. The summed E-state index contributed by atoms with van der Waals surface area (Å²) >= 11 is 5.23. The molecule has 0 saturated carbocycles. The first-order chi connectivity index (χ1) is 7.01. The van der Waals surface area contributed by atoms with E-state index in [0.29, 0.717) is 11.9 Å². The quantitative estimate of drug-likeness (QED) is 0.743. The Hall–Kier alpha value is 0.300. The molecule has 0 spiro atoms. The van der Waals surface area contributed by atoms with E-state index in [4.69, 9.17) is 0 Å². The zero-order valence-electron chi connectivity index (χ0n) is 9.75. The zero-order valence-corrected chi connectivity index (χ0v) is 12.2. The highest BCUT2D eigenvalue weighted by Gasteiger charge is 2.40. The summed E-state index contributed by atoms with van der Waals surface area (Å²) in [7, 11) is 0. The minimum atomic E-state index is -0.160. The average Bonchev–Trinajstić information content (AvgIpc) is 2.61. The van der Waals surface area contributed by atoms with Crippen LogP contribution in [-0.4, -0.2) is 39.2 Å². The number of thioether (sulfide) groups is 1. The van der Waals surface area contributed by atoms with Gasteiger partial charge in [0.25, 0.3) is 0 Å². The Morgan fingerprint density at radius 3 is 2.67 bits per heavy atom. The lowest BCUT2D eigenvalue weighted by Crippen LogP contribution is -2.47. The van der Waals surface area contributed by atoms with Crippen molar-refractivity contribution in [2.45, 2.75) is 44.4 Å². The van der Waals surface area contributed by atoms with Crippen molar-refractivity contribution in [1.82, 2.24) is 4.90 Å². The molecule has 1 unspecified atom stereocenters. The second-order valence-corrected chi connectivity index (χ2v) is 6.86. The maximum Gasteiger partial charge on any atom is 0.238 e. The largest absolute Gasteiger partial charge is 0.338 e. The standard InChI is InChI=1S/C11H20BrNOS/c1-9(2)13(7-6-12)10(14)11(3)5-4-8-15-11/h9H,4-8H2,1-3H3. The summed E-state index contributed by atoms with van der Waals surface area (Å²) in [5.41, 5.74) is 0. The summed E-state index contributed by atoms with van der Waals surface area (Å²) in [5.74, 6) is 1.45. The van der Waals surface area contributed by atoms with Gasteiger partial charge in [-0.15, -0.1) is 11.8 Å². The molecule has 2 nitrogen and oxygen atoms in total. The number of rotatable bonds is 4. The van der Waals surface area contributed by atoms with E-state index in [2.05, 4.69) is 36.7 Å². The van der Waals surface area contributed by atoms with Gasteiger partial charge in [-0.2, -0.15) is 0 Å². The van der Waals surface area contributed by atoms with Crippen molar-refractivity contribution in [3.63, 3.8) is 0 Å². The van der Waals surface area contributed by atoms with E-state index in [1.807, 2.05) is 16.7 Å². The normalized spacial score (nSPS) is 25.9. The van der Waals surface area contributed by atoms with Gasteiger partial charge in [-0.25, -0.2) is 0 Å². The lowest BCUT2D eigenvalue weighted by Gasteiger charge is -2.33. The molecule has 0 radical (unpaired) electrons. The van der Waals surface area contributed by atoms with Crippen LogP contribution in [0.4, 0.5) is 0 Å². The first kappa shape index (κ1) is 13.4. The number of alkyl halides is 1. The number of carbonyl (C=O) groups is 1. The molecule has 4 heteroatoms. The number of halogens is 1. The molecular weight excluding hydrogens is 274 g/mol.